The van der Waals surface area contributed by atoms with Crippen LogP contribution in [0.1, 0.15) is 201 Å². The van der Waals surface area contributed by atoms with Crippen molar-refractivity contribution in [3.05, 3.63) is 0 Å². The van der Waals surface area contributed by atoms with Gasteiger partial charge in [0.25, 0.3) is 0 Å². The molecule has 1 aliphatic rings. The number of rotatable bonds is 21. The third-order valence-electron chi connectivity index (χ3n) is 19.3. The standard InChI is InChI=1S/C71H123N11O14S/c1-25-52-57(85)34-46(13)55(83)38-51(71(16,17)39-77(18)70(95)96-24)56(84)37-50(43(8)9)67(93)79(20)53(32-41(4)5)58(86)35-47(14)63(89)72-48(15)65(91)78(19)54(33-42(6)7)59(87)36-49(31-40(2)3)66(92)80(21)60(44(10)11)68(94)81(22)61(64(90)73-52)62(88)45(12)29-27-26-28-30-97-69-74-75-76-82(69)23/h40-54,60-62,88H,25-39H2,1-24H3,(H,72,89)(H,73,90)/t45-,46+,47-,48-,49-,50+,51-,52+,53+,54+,60+,61+,62-/m1/s1. The lowest BCUT2D eigenvalue weighted by molar-refractivity contribution is -0.155. The summed E-state index contributed by atoms with van der Waals surface area (Å²) >= 11 is 1.50. The molecule has 3 N–H and O–H groups in total. The number of hydrogen-bond donors (Lipinski definition) is 3. The molecule has 1 aromatic rings. The van der Waals surface area contributed by atoms with Gasteiger partial charge in [-0.2, -0.15) is 0 Å². The molecule has 0 unspecified atom stereocenters. The SMILES string of the molecule is CC[C@@H]1NC(=O)[C@H]([C@H](O)[C@H](C)CCCCCSc2nnnn2C)N(C)C(=O)[C@H](C(C)C)N(C)C(=O)[C@H](CC(C)C)CC(=O)[C@H](CC(C)C)N(C)C(=O)[C@@H](C)NC(=O)[C@H](C)CC(=O)[C@H](CC(C)C)N(C)C(=O)[C@H](C(C)C)CC(=O)[C@H](C(C)(C)CN(C)C(=O)OC)CC(=O)[C@@H](C)CC1=O. The topological polar surface area (TPSA) is 318 Å². The van der Waals surface area contributed by atoms with Crippen molar-refractivity contribution in [1.82, 2.24) is 55.3 Å². The summed E-state index contributed by atoms with van der Waals surface area (Å²) in [6.07, 6.45) is -0.682. The summed E-state index contributed by atoms with van der Waals surface area (Å²) in [5, 5.41) is 30.3. The van der Waals surface area contributed by atoms with Crippen LogP contribution in [0.25, 0.3) is 0 Å². The van der Waals surface area contributed by atoms with Gasteiger partial charge in [0, 0.05) is 116 Å². The second-order valence-corrected chi connectivity index (χ2v) is 31.4. The summed E-state index contributed by atoms with van der Waals surface area (Å²) in [5.41, 5.74) is -1.14. The first kappa shape index (κ1) is 86.9. The van der Waals surface area contributed by atoms with Gasteiger partial charge >= 0.3 is 6.09 Å². The molecule has 552 valence electrons. The van der Waals surface area contributed by atoms with Crippen LogP contribution in [0.3, 0.4) is 0 Å². The molecule has 1 aromatic heterocycles. The van der Waals surface area contributed by atoms with Gasteiger partial charge in [-0.3, -0.25) is 52.7 Å². The number of carbonyl (C=O) groups is 12. The minimum atomic E-state index is -1.61. The Morgan fingerprint density at radius 1 is 0.619 bits per heavy atom. The Labute approximate surface area is 583 Å². The van der Waals surface area contributed by atoms with Crippen molar-refractivity contribution < 1.29 is 67.4 Å². The number of ether oxygens (including phenoxy) is 1. The molecule has 0 bridgehead atoms. The molecule has 1 saturated heterocycles. The normalized spacial score (nSPS) is 25.8. The molecule has 2 rings (SSSR count). The predicted molar refractivity (Wildman–Crippen MR) is 373 cm³/mol. The number of aliphatic hydroxyl groups is 1. The third-order valence-corrected chi connectivity index (χ3v) is 20.4. The van der Waals surface area contributed by atoms with Gasteiger partial charge in [0.1, 0.15) is 29.7 Å². The maximum Gasteiger partial charge on any atom is 0.409 e. The van der Waals surface area contributed by atoms with Crippen LogP contribution in [0.4, 0.5) is 4.79 Å². The van der Waals surface area contributed by atoms with Gasteiger partial charge in [0.15, 0.2) is 17.3 Å². The van der Waals surface area contributed by atoms with Crippen molar-refractivity contribution in [1.29, 1.82) is 0 Å². The molecule has 13 atom stereocenters. The van der Waals surface area contributed by atoms with E-state index < -0.39 is 172 Å². The molecule has 1 fully saturated rings. The zero-order valence-corrected chi connectivity index (χ0v) is 64.0. The number of methoxy groups -OCH3 is 1. The highest BCUT2D eigenvalue weighted by Gasteiger charge is 2.46. The lowest BCUT2D eigenvalue weighted by Gasteiger charge is -2.40. The average molecular weight is 1390 g/mol. The summed E-state index contributed by atoms with van der Waals surface area (Å²) < 4.78 is 6.57. The number of unbranched alkanes of at least 4 members (excludes halogenated alkanes) is 2. The smallest absolute Gasteiger partial charge is 0.409 e. The predicted octanol–water partition coefficient (Wildman–Crippen LogP) is 7.67. The fourth-order valence-electron chi connectivity index (χ4n) is 13.3. The fraction of sp³-hybridized carbons (Fsp3) is 0.817. The first-order chi connectivity index (χ1) is 45.0. The third kappa shape index (κ3) is 25.8. The Balaban J connectivity index is 2.97. The Morgan fingerprint density at radius 3 is 1.66 bits per heavy atom. The van der Waals surface area contributed by atoms with Gasteiger partial charge in [-0.05, 0) is 96.8 Å². The molecule has 1 aliphatic heterocycles. The van der Waals surface area contributed by atoms with Gasteiger partial charge in [-0.25, -0.2) is 9.48 Å². The van der Waals surface area contributed by atoms with Crippen molar-refractivity contribution in [3.8, 4) is 0 Å². The summed E-state index contributed by atoms with van der Waals surface area (Å²) in [7, 11) is 10.3. The van der Waals surface area contributed by atoms with E-state index in [1.165, 1.54) is 80.6 Å². The van der Waals surface area contributed by atoms with Gasteiger partial charge in [0.2, 0.25) is 40.6 Å². The molecule has 97 heavy (non-hydrogen) atoms. The molecule has 0 aromatic carbocycles. The van der Waals surface area contributed by atoms with E-state index in [4.69, 9.17) is 4.74 Å². The second-order valence-electron chi connectivity index (χ2n) is 30.4. The summed E-state index contributed by atoms with van der Waals surface area (Å²) in [4.78, 5) is 182. The Kier molecular flexibility index (Phi) is 36.0. The van der Waals surface area contributed by atoms with Crippen molar-refractivity contribution in [3.63, 3.8) is 0 Å². The first-order valence-electron chi connectivity index (χ1n) is 35.1. The van der Waals surface area contributed by atoms with E-state index in [-0.39, 0.29) is 75.7 Å². The Morgan fingerprint density at radius 2 is 1.15 bits per heavy atom. The van der Waals surface area contributed by atoms with Gasteiger partial charge in [-0.1, -0.05) is 135 Å². The van der Waals surface area contributed by atoms with E-state index in [2.05, 4.69) is 26.2 Å². The van der Waals surface area contributed by atoms with Crippen molar-refractivity contribution >= 4 is 82.2 Å². The van der Waals surface area contributed by atoms with Crippen molar-refractivity contribution in [2.24, 2.45) is 77.6 Å². The zero-order valence-electron chi connectivity index (χ0n) is 63.2. The molecule has 0 saturated carbocycles. The monoisotopic (exact) mass is 1390 g/mol. The first-order valence-corrected chi connectivity index (χ1v) is 36.1. The van der Waals surface area contributed by atoms with Crippen LogP contribution < -0.4 is 10.6 Å². The van der Waals surface area contributed by atoms with Crippen LogP contribution in [0.15, 0.2) is 5.16 Å². The maximum absolute atomic E-state index is 15.4. The molecule has 7 amide bonds. The summed E-state index contributed by atoms with van der Waals surface area (Å²) in [6.45, 7) is 29.8. The number of tetrazole rings is 1. The van der Waals surface area contributed by atoms with Crippen LogP contribution >= 0.6 is 11.8 Å². The van der Waals surface area contributed by atoms with Crippen molar-refractivity contribution in [2.45, 2.75) is 249 Å². The zero-order chi connectivity index (χ0) is 74.4. The van der Waals surface area contributed by atoms with Crippen LogP contribution in [0.2, 0.25) is 0 Å². The molecule has 25 nitrogen and oxygen atoms in total. The lowest BCUT2D eigenvalue weighted by atomic mass is 9.70. The number of aryl methyl sites for hydroxylation is 1. The second kappa shape index (κ2) is 40.2. The van der Waals surface area contributed by atoms with E-state index in [0.717, 1.165) is 23.5 Å². The molecular formula is C71H123N11O14S. The number of aromatic nitrogens is 4. The van der Waals surface area contributed by atoms with Crippen LogP contribution in [-0.4, -0.2) is 217 Å². The number of nitrogens with zero attached hydrogens (tertiary/aromatic N) is 9. The number of carbonyl (C=O) groups excluding carboxylic acids is 12. The fourth-order valence-corrected chi connectivity index (χ4v) is 14.1. The number of likely N-dealkylation sites (N-methyl/N-ethyl adjacent to an activating group) is 4. The van der Waals surface area contributed by atoms with Gasteiger partial charge < -0.3 is 45.0 Å². The Bertz CT molecular complexity index is 2830. The van der Waals surface area contributed by atoms with E-state index >= 15 is 19.2 Å². The molecular weight excluding hydrogens is 1260 g/mol. The number of Topliss-reactive ketones (excluding diaryl/α,β-unsaturated/α-hetero) is 5. The molecule has 2 heterocycles. The van der Waals surface area contributed by atoms with E-state index in [1.807, 2.05) is 41.5 Å². The van der Waals surface area contributed by atoms with Crippen LogP contribution in [-0.2, 0) is 64.5 Å². The molecule has 0 spiro atoms. The maximum atomic E-state index is 15.4. The number of hydrogen-bond acceptors (Lipinski definition) is 18. The van der Waals surface area contributed by atoms with Crippen LogP contribution in [0.5, 0.6) is 0 Å². The summed E-state index contributed by atoms with van der Waals surface area (Å²) in [5.74, 6) is -12.5. The van der Waals surface area contributed by atoms with Crippen LogP contribution in [0, 0.1) is 70.5 Å². The number of thioether (sulfide) groups is 1. The summed E-state index contributed by atoms with van der Waals surface area (Å²) in [6, 6.07) is -7.33. The highest BCUT2D eigenvalue weighted by atomic mass is 32.2. The quantitative estimate of drug-likeness (QED) is 0.0785. The van der Waals surface area contributed by atoms with Gasteiger partial charge in [0.05, 0.1) is 31.3 Å². The highest BCUT2D eigenvalue weighted by molar-refractivity contribution is 7.99. The van der Waals surface area contributed by atoms with Crippen molar-refractivity contribution in [2.75, 3.05) is 54.6 Å². The van der Waals surface area contributed by atoms with Gasteiger partial charge in [-0.15, -0.1) is 5.10 Å². The number of amides is 7. The van der Waals surface area contributed by atoms with E-state index in [0.29, 0.717) is 18.0 Å². The van der Waals surface area contributed by atoms with E-state index in [1.54, 1.807) is 81.0 Å². The number of nitrogens with one attached hydrogen (secondary N) is 2. The largest absolute Gasteiger partial charge is 0.453 e. The van der Waals surface area contributed by atoms with E-state index in [9.17, 15) is 43.5 Å². The number of ketones is 5. The lowest BCUT2D eigenvalue weighted by Crippen LogP contribution is -2.62. The minimum Gasteiger partial charge on any atom is -0.453 e. The Hall–Kier alpha value is -6.18. The molecule has 0 aliphatic carbocycles. The average Bonchev–Trinajstić information content (AvgIpc) is 1.25. The molecule has 26 heteroatoms. The number of aliphatic hydroxyl groups excluding tert-OH is 1. The minimum absolute atomic E-state index is 0.0392. The molecule has 0 radical (unpaired) electrons. The highest BCUT2D eigenvalue weighted by Crippen LogP contribution is 2.37.